The van der Waals surface area contributed by atoms with Gasteiger partial charge in [0.1, 0.15) is 0 Å². The van der Waals surface area contributed by atoms with Crippen LogP contribution >= 0.6 is 0 Å². The molecule has 2 aromatic carbocycles. The van der Waals surface area contributed by atoms with Crippen molar-refractivity contribution in [2.75, 3.05) is 13.2 Å². The van der Waals surface area contributed by atoms with E-state index < -0.39 is 6.10 Å². The number of benzene rings is 2. The molecule has 1 saturated heterocycles. The molecular weight excluding hydrogens is 440 g/mol. The average molecular weight is 465 g/mol. The number of aliphatic hydroxyl groups is 1. The van der Waals surface area contributed by atoms with Gasteiger partial charge < -0.3 is 9.84 Å². The van der Waals surface area contributed by atoms with E-state index in [1.165, 1.54) is 0 Å². The first-order valence-corrected chi connectivity index (χ1v) is 11.7. The molecule has 0 saturated carbocycles. The zero-order valence-corrected chi connectivity index (χ0v) is 19.0. The molecule has 0 aliphatic carbocycles. The fraction of sp³-hybridized carbons (Fsp3) is 0.214. The predicted octanol–water partition coefficient (Wildman–Crippen LogP) is 3.92. The lowest BCUT2D eigenvalue weighted by Gasteiger charge is -2.29. The highest BCUT2D eigenvalue weighted by Crippen LogP contribution is 2.29. The Kier molecular flexibility index (Phi) is 5.56. The van der Waals surface area contributed by atoms with Crippen LogP contribution in [0.15, 0.2) is 84.3 Å². The Labute approximate surface area is 201 Å². The summed E-state index contributed by atoms with van der Waals surface area (Å²) in [7, 11) is 0. The summed E-state index contributed by atoms with van der Waals surface area (Å²) in [4.78, 5) is 27.0. The number of nitrogens with zero attached hydrogens (tertiary/aromatic N) is 4. The number of hydrogen-bond acceptors (Lipinski definition) is 6. The highest BCUT2D eigenvalue weighted by Gasteiger charge is 2.27. The van der Waals surface area contributed by atoms with E-state index in [2.05, 4.69) is 27.1 Å². The van der Waals surface area contributed by atoms with Gasteiger partial charge in [0.2, 0.25) is 0 Å². The lowest BCUT2D eigenvalue weighted by molar-refractivity contribution is -0.0395. The Morgan fingerprint density at radius 3 is 2.71 bits per heavy atom. The summed E-state index contributed by atoms with van der Waals surface area (Å²) in [6, 6.07) is 17.6. The maximum Gasteiger partial charge on any atom is 0.261 e. The largest absolute Gasteiger partial charge is 0.389 e. The summed E-state index contributed by atoms with van der Waals surface area (Å²) >= 11 is 0. The van der Waals surface area contributed by atoms with Crippen molar-refractivity contribution in [1.82, 2.24) is 19.5 Å². The molecule has 0 radical (unpaired) electrons. The van der Waals surface area contributed by atoms with Crippen LogP contribution in [0.25, 0.3) is 32.9 Å². The standard InChI is InChI=1S/C28H24N4O3/c33-26-16-35-11-8-25(26)32-17-31-27-22-6-2-1-5-21(22)20(14-23(27)28(32)34)12-18-7-10-30-24(13-18)19-4-3-9-29-15-19/h1-7,9-10,13-15,17,25-26,33H,8,11-12,16H2/t25-,26-/m0/s1. The summed E-state index contributed by atoms with van der Waals surface area (Å²) in [5.74, 6) is 0. The summed E-state index contributed by atoms with van der Waals surface area (Å²) in [5.41, 5.74) is 4.49. The third-order valence-corrected chi connectivity index (χ3v) is 6.70. The second-order valence-corrected chi connectivity index (χ2v) is 8.90. The van der Waals surface area contributed by atoms with Crippen molar-refractivity contribution in [1.29, 1.82) is 0 Å². The van der Waals surface area contributed by atoms with Crippen LogP contribution in [0.2, 0.25) is 0 Å². The molecular formula is C28H24N4O3. The van der Waals surface area contributed by atoms with Crippen molar-refractivity contribution in [3.63, 3.8) is 0 Å². The predicted molar refractivity (Wildman–Crippen MR) is 134 cm³/mol. The van der Waals surface area contributed by atoms with E-state index in [0.717, 1.165) is 33.2 Å². The van der Waals surface area contributed by atoms with Crippen molar-refractivity contribution < 1.29 is 9.84 Å². The molecule has 0 spiro atoms. The Bertz CT molecular complexity index is 1580. The SMILES string of the molecule is O=c1c2cc(Cc3ccnc(-c4cccnc4)c3)c3ccccc3c2ncn1[C@H]1CCOC[C@@H]1O. The van der Waals surface area contributed by atoms with Crippen LogP contribution in [0.3, 0.4) is 0 Å². The molecule has 1 fully saturated rings. The van der Waals surface area contributed by atoms with Gasteiger partial charge in [0.15, 0.2) is 0 Å². The second-order valence-electron chi connectivity index (χ2n) is 8.90. The van der Waals surface area contributed by atoms with Crippen molar-refractivity contribution in [2.24, 2.45) is 0 Å². The number of pyridine rings is 2. The van der Waals surface area contributed by atoms with Crippen LogP contribution in [0.5, 0.6) is 0 Å². The quantitative estimate of drug-likeness (QED) is 0.406. The van der Waals surface area contributed by atoms with Crippen molar-refractivity contribution in [3.05, 3.63) is 101 Å². The van der Waals surface area contributed by atoms with E-state index in [1.54, 1.807) is 23.3 Å². The van der Waals surface area contributed by atoms with Gasteiger partial charge in [0, 0.05) is 36.1 Å². The van der Waals surface area contributed by atoms with Crippen LogP contribution in [-0.2, 0) is 11.2 Å². The lowest BCUT2D eigenvalue weighted by atomic mass is 9.95. The van der Waals surface area contributed by atoms with Crippen molar-refractivity contribution >= 4 is 21.7 Å². The molecule has 1 aliphatic rings. The first-order chi connectivity index (χ1) is 17.2. The lowest BCUT2D eigenvalue weighted by Crippen LogP contribution is -2.39. The monoisotopic (exact) mass is 464 g/mol. The Hall–Kier alpha value is -3.94. The number of rotatable bonds is 4. The van der Waals surface area contributed by atoms with Gasteiger partial charge in [-0.2, -0.15) is 0 Å². The van der Waals surface area contributed by atoms with Gasteiger partial charge in [-0.3, -0.25) is 19.3 Å². The van der Waals surface area contributed by atoms with Gasteiger partial charge >= 0.3 is 0 Å². The second kappa shape index (κ2) is 9.02. The van der Waals surface area contributed by atoms with Crippen LogP contribution in [0, 0.1) is 0 Å². The van der Waals surface area contributed by atoms with Crippen LogP contribution in [0.4, 0.5) is 0 Å². The maximum absolute atomic E-state index is 13.6. The minimum atomic E-state index is -0.733. The van der Waals surface area contributed by atoms with Gasteiger partial charge in [-0.15, -0.1) is 0 Å². The van der Waals surface area contributed by atoms with Crippen LogP contribution in [-0.4, -0.2) is 43.9 Å². The molecule has 7 nitrogen and oxygen atoms in total. The van der Waals surface area contributed by atoms with Crippen LogP contribution in [0.1, 0.15) is 23.6 Å². The van der Waals surface area contributed by atoms with Crippen molar-refractivity contribution in [2.45, 2.75) is 25.0 Å². The molecule has 2 atom stereocenters. The van der Waals surface area contributed by atoms with E-state index in [-0.39, 0.29) is 18.2 Å². The molecule has 0 unspecified atom stereocenters. The smallest absolute Gasteiger partial charge is 0.261 e. The Balaban J connectivity index is 1.48. The minimum absolute atomic E-state index is 0.140. The zero-order chi connectivity index (χ0) is 23.8. The summed E-state index contributed by atoms with van der Waals surface area (Å²) in [6.45, 7) is 0.732. The molecule has 0 amide bonds. The molecule has 1 aliphatic heterocycles. The minimum Gasteiger partial charge on any atom is -0.389 e. The van der Waals surface area contributed by atoms with Crippen LogP contribution < -0.4 is 5.56 Å². The highest BCUT2D eigenvalue weighted by molar-refractivity contribution is 6.06. The summed E-state index contributed by atoms with van der Waals surface area (Å²) < 4.78 is 6.92. The summed E-state index contributed by atoms with van der Waals surface area (Å²) in [5, 5.41) is 13.0. The number of ether oxygens (including phenoxy) is 1. The average Bonchev–Trinajstić information content (AvgIpc) is 2.91. The van der Waals surface area contributed by atoms with E-state index >= 15 is 0 Å². The molecule has 174 valence electrons. The zero-order valence-electron chi connectivity index (χ0n) is 19.0. The first-order valence-electron chi connectivity index (χ1n) is 11.7. The molecule has 35 heavy (non-hydrogen) atoms. The number of fused-ring (bicyclic) bond motifs is 3. The van der Waals surface area contributed by atoms with E-state index in [9.17, 15) is 9.90 Å². The molecule has 4 heterocycles. The van der Waals surface area contributed by atoms with E-state index in [1.807, 2.05) is 48.7 Å². The number of aromatic nitrogens is 4. The van der Waals surface area contributed by atoms with Gasteiger partial charge in [0.05, 0.1) is 41.7 Å². The molecule has 7 heteroatoms. The van der Waals surface area contributed by atoms with Crippen molar-refractivity contribution in [3.8, 4) is 11.3 Å². The molecule has 6 rings (SSSR count). The van der Waals surface area contributed by atoms with Gasteiger partial charge in [0.25, 0.3) is 5.56 Å². The van der Waals surface area contributed by atoms with Gasteiger partial charge in [-0.25, -0.2) is 4.98 Å². The normalized spacial score (nSPS) is 18.2. The topological polar surface area (TPSA) is 90.1 Å². The molecule has 5 aromatic rings. The number of hydrogen-bond donors (Lipinski definition) is 1. The summed E-state index contributed by atoms with van der Waals surface area (Å²) in [6.07, 6.45) is 7.40. The van der Waals surface area contributed by atoms with Gasteiger partial charge in [-0.05, 0) is 59.7 Å². The third kappa shape index (κ3) is 3.99. The van der Waals surface area contributed by atoms with Gasteiger partial charge in [-0.1, -0.05) is 24.3 Å². The van der Waals surface area contributed by atoms with E-state index in [4.69, 9.17) is 4.74 Å². The first kappa shape index (κ1) is 21.6. The molecule has 0 bridgehead atoms. The maximum atomic E-state index is 13.6. The molecule has 3 aromatic heterocycles. The van der Waals surface area contributed by atoms with E-state index in [0.29, 0.717) is 30.4 Å². The Morgan fingerprint density at radius 2 is 1.89 bits per heavy atom. The fourth-order valence-corrected chi connectivity index (χ4v) is 4.94. The highest BCUT2D eigenvalue weighted by atomic mass is 16.5. The third-order valence-electron chi connectivity index (χ3n) is 6.70. The molecule has 1 N–H and O–H groups in total. The fourth-order valence-electron chi connectivity index (χ4n) is 4.94. The Morgan fingerprint density at radius 1 is 1.00 bits per heavy atom. The number of aliphatic hydroxyl groups excluding tert-OH is 1.